The van der Waals surface area contributed by atoms with E-state index in [4.69, 9.17) is 26.2 Å². The molecule has 0 spiro atoms. The van der Waals surface area contributed by atoms with E-state index in [1.54, 1.807) is 24.3 Å². The fourth-order valence-corrected chi connectivity index (χ4v) is 2.26. The van der Waals surface area contributed by atoms with Gasteiger partial charge in [-0.1, -0.05) is 23.7 Å². The van der Waals surface area contributed by atoms with Crippen LogP contribution in [0, 0.1) is 5.82 Å². The summed E-state index contributed by atoms with van der Waals surface area (Å²) in [4.78, 5) is 10.6. The van der Waals surface area contributed by atoms with Gasteiger partial charge in [-0.2, -0.15) is 0 Å². The van der Waals surface area contributed by atoms with E-state index >= 15 is 0 Å². The van der Waals surface area contributed by atoms with Crippen molar-refractivity contribution in [3.05, 3.63) is 64.4 Å². The number of hydrogen-bond acceptors (Lipinski definition) is 3. The van der Waals surface area contributed by atoms with Gasteiger partial charge < -0.3 is 14.6 Å². The Hall–Kier alpha value is -2.53. The summed E-state index contributed by atoms with van der Waals surface area (Å²) in [7, 11) is 0. The maximum Gasteiger partial charge on any atom is 0.328 e. The zero-order valence-electron chi connectivity index (χ0n) is 13.0. The van der Waals surface area contributed by atoms with Gasteiger partial charge in [-0.25, -0.2) is 9.18 Å². The van der Waals surface area contributed by atoms with E-state index in [1.165, 1.54) is 18.2 Å². The summed E-state index contributed by atoms with van der Waals surface area (Å²) in [6.07, 6.45) is 2.43. The van der Waals surface area contributed by atoms with E-state index in [2.05, 4.69) is 0 Å². The highest BCUT2D eigenvalue weighted by atomic mass is 35.5. The molecule has 0 bridgehead atoms. The summed E-state index contributed by atoms with van der Waals surface area (Å²) in [6.45, 7) is 2.41. The highest BCUT2D eigenvalue weighted by Crippen LogP contribution is 2.37. The summed E-state index contributed by atoms with van der Waals surface area (Å²) in [5.74, 6) is -0.602. The fraction of sp³-hybridized carbons (Fsp3) is 0.167. The van der Waals surface area contributed by atoms with Crippen LogP contribution in [0.2, 0.25) is 5.02 Å². The molecule has 6 heteroatoms. The lowest BCUT2D eigenvalue weighted by molar-refractivity contribution is -0.131. The van der Waals surface area contributed by atoms with Crippen LogP contribution >= 0.6 is 11.6 Å². The molecule has 2 aromatic rings. The number of carbonyl (C=O) groups is 1. The van der Waals surface area contributed by atoms with Crippen LogP contribution in [0.4, 0.5) is 4.39 Å². The van der Waals surface area contributed by atoms with E-state index in [-0.39, 0.29) is 12.4 Å². The Morgan fingerprint density at radius 3 is 2.58 bits per heavy atom. The highest BCUT2D eigenvalue weighted by molar-refractivity contribution is 6.32. The predicted molar refractivity (Wildman–Crippen MR) is 90.0 cm³/mol. The first-order valence-electron chi connectivity index (χ1n) is 7.24. The number of carboxylic acid groups (broad SMARTS) is 1. The number of hydrogen-bond donors (Lipinski definition) is 1. The summed E-state index contributed by atoms with van der Waals surface area (Å²) in [5.41, 5.74) is 1.37. The van der Waals surface area contributed by atoms with Crippen LogP contribution in [0.3, 0.4) is 0 Å². The Morgan fingerprint density at radius 1 is 1.25 bits per heavy atom. The van der Waals surface area contributed by atoms with Crippen LogP contribution in [0.25, 0.3) is 6.08 Å². The van der Waals surface area contributed by atoms with Gasteiger partial charge in [0, 0.05) is 6.08 Å². The van der Waals surface area contributed by atoms with Crippen molar-refractivity contribution in [3.8, 4) is 11.5 Å². The molecular formula is C18H16ClFO4. The molecule has 4 nitrogen and oxygen atoms in total. The minimum absolute atomic E-state index is 0.199. The van der Waals surface area contributed by atoms with Gasteiger partial charge in [-0.3, -0.25) is 0 Å². The number of benzene rings is 2. The first-order chi connectivity index (χ1) is 11.5. The molecule has 0 saturated carbocycles. The molecule has 0 fully saturated rings. The minimum atomic E-state index is -1.05. The molecule has 0 aromatic heterocycles. The van der Waals surface area contributed by atoms with E-state index in [1.807, 2.05) is 6.92 Å². The molecular weight excluding hydrogens is 335 g/mol. The molecule has 0 aliphatic carbocycles. The Bertz CT molecular complexity index is 741. The van der Waals surface area contributed by atoms with Crippen molar-refractivity contribution in [2.45, 2.75) is 13.5 Å². The van der Waals surface area contributed by atoms with Crippen LogP contribution in [0.15, 0.2) is 42.5 Å². The first-order valence-corrected chi connectivity index (χ1v) is 7.62. The molecule has 2 aromatic carbocycles. The van der Waals surface area contributed by atoms with E-state index in [0.717, 1.165) is 11.6 Å². The maximum absolute atomic E-state index is 12.9. The molecule has 0 radical (unpaired) electrons. The predicted octanol–water partition coefficient (Wildman–Crippen LogP) is 4.55. The average molecular weight is 351 g/mol. The van der Waals surface area contributed by atoms with Crippen LogP contribution in [-0.2, 0) is 11.4 Å². The van der Waals surface area contributed by atoms with Crippen LogP contribution in [0.1, 0.15) is 18.1 Å². The number of ether oxygens (including phenoxy) is 2. The van der Waals surface area contributed by atoms with Crippen LogP contribution in [0.5, 0.6) is 11.5 Å². The van der Waals surface area contributed by atoms with Gasteiger partial charge in [0.2, 0.25) is 0 Å². The Labute approximate surface area is 144 Å². The molecule has 126 valence electrons. The molecule has 1 N–H and O–H groups in total. The molecule has 0 saturated heterocycles. The molecule has 0 aliphatic heterocycles. The van der Waals surface area contributed by atoms with Gasteiger partial charge in [-0.15, -0.1) is 0 Å². The third-order valence-electron chi connectivity index (χ3n) is 3.05. The third-order valence-corrected chi connectivity index (χ3v) is 3.33. The molecule has 0 amide bonds. The average Bonchev–Trinajstić information content (AvgIpc) is 2.54. The SMILES string of the molecule is CCOc1cc(C=CC(=O)O)cc(Cl)c1OCc1ccc(F)cc1. The number of carboxylic acids is 1. The largest absolute Gasteiger partial charge is 0.490 e. The van der Waals surface area contributed by atoms with Gasteiger partial charge in [-0.05, 0) is 48.4 Å². The summed E-state index contributed by atoms with van der Waals surface area (Å²) >= 11 is 6.23. The topological polar surface area (TPSA) is 55.8 Å². The standard InChI is InChI=1S/C18H16ClFO4/c1-2-23-16-10-13(5-8-17(21)22)9-15(19)18(16)24-11-12-3-6-14(20)7-4-12/h3-10H,2,11H2,1H3,(H,21,22). The normalized spacial score (nSPS) is 10.8. The van der Waals surface area contributed by atoms with Gasteiger partial charge in [0.25, 0.3) is 0 Å². The molecule has 24 heavy (non-hydrogen) atoms. The number of rotatable bonds is 7. The fourth-order valence-electron chi connectivity index (χ4n) is 1.99. The highest BCUT2D eigenvalue weighted by Gasteiger charge is 2.12. The lowest BCUT2D eigenvalue weighted by Crippen LogP contribution is -2.01. The molecule has 0 heterocycles. The Kier molecular flexibility index (Phi) is 6.21. The molecule has 2 rings (SSSR count). The van der Waals surface area contributed by atoms with E-state index < -0.39 is 5.97 Å². The third kappa shape index (κ3) is 4.99. The lowest BCUT2D eigenvalue weighted by Gasteiger charge is -2.14. The van der Waals surface area contributed by atoms with Gasteiger partial charge in [0.1, 0.15) is 12.4 Å². The van der Waals surface area contributed by atoms with Crippen molar-refractivity contribution < 1.29 is 23.8 Å². The molecule has 0 unspecified atom stereocenters. The summed E-state index contributed by atoms with van der Waals surface area (Å²) < 4.78 is 24.2. The first kappa shape index (κ1) is 17.8. The Morgan fingerprint density at radius 2 is 1.96 bits per heavy atom. The summed E-state index contributed by atoms with van der Waals surface area (Å²) in [5, 5.41) is 9.00. The summed E-state index contributed by atoms with van der Waals surface area (Å²) in [6, 6.07) is 9.17. The zero-order chi connectivity index (χ0) is 17.5. The quantitative estimate of drug-likeness (QED) is 0.744. The lowest BCUT2D eigenvalue weighted by atomic mass is 10.2. The smallest absolute Gasteiger partial charge is 0.328 e. The number of aliphatic carboxylic acids is 1. The van der Waals surface area contributed by atoms with Crippen molar-refractivity contribution >= 4 is 23.6 Å². The molecule has 0 atom stereocenters. The van der Waals surface area contributed by atoms with Gasteiger partial charge in [0.05, 0.1) is 11.6 Å². The minimum Gasteiger partial charge on any atom is -0.490 e. The van der Waals surface area contributed by atoms with E-state index in [0.29, 0.717) is 28.7 Å². The monoisotopic (exact) mass is 350 g/mol. The number of halogens is 2. The molecule has 0 aliphatic rings. The Balaban J connectivity index is 2.23. The van der Waals surface area contributed by atoms with Crippen molar-refractivity contribution in [2.75, 3.05) is 6.61 Å². The van der Waals surface area contributed by atoms with Crippen molar-refractivity contribution in [3.63, 3.8) is 0 Å². The van der Waals surface area contributed by atoms with E-state index in [9.17, 15) is 9.18 Å². The van der Waals surface area contributed by atoms with Crippen LogP contribution < -0.4 is 9.47 Å². The van der Waals surface area contributed by atoms with Gasteiger partial charge >= 0.3 is 5.97 Å². The zero-order valence-corrected chi connectivity index (χ0v) is 13.7. The maximum atomic E-state index is 12.9. The van der Waals surface area contributed by atoms with Gasteiger partial charge in [0.15, 0.2) is 11.5 Å². The van der Waals surface area contributed by atoms with Crippen LogP contribution in [-0.4, -0.2) is 17.7 Å². The second-order valence-electron chi connectivity index (χ2n) is 4.85. The van der Waals surface area contributed by atoms with Crippen molar-refractivity contribution in [1.29, 1.82) is 0 Å². The van der Waals surface area contributed by atoms with Crippen molar-refractivity contribution in [1.82, 2.24) is 0 Å². The second-order valence-corrected chi connectivity index (χ2v) is 5.26. The van der Waals surface area contributed by atoms with Crippen molar-refractivity contribution in [2.24, 2.45) is 0 Å². The second kappa shape index (κ2) is 8.36.